The number of methoxy groups -OCH3 is 1. The molecule has 1 aromatic carbocycles. The quantitative estimate of drug-likeness (QED) is 0.894. The second kappa shape index (κ2) is 6.21. The Morgan fingerprint density at radius 1 is 1.50 bits per heavy atom. The van der Waals surface area contributed by atoms with E-state index in [0.29, 0.717) is 25.1 Å². The molecule has 0 bridgehead atoms. The summed E-state index contributed by atoms with van der Waals surface area (Å²) in [6, 6.07) is 4.04. The van der Waals surface area contributed by atoms with Gasteiger partial charge in [-0.3, -0.25) is 4.79 Å². The molecule has 0 radical (unpaired) electrons. The van der Waals surface area contributed by atoms with Gasteiger partial charge in [-0.05, 0) is 40.5 Å². The van der Waals surface area contributed by atoms with Crippen LogP contribution in [0, 0.1) is 5.82 Å². The van der Waals surface area contributed by atoms with Gasteiger partial charge in [0.2, 0.25) is 0 Å². The van der Waals surface area contributed by atoms with Crippen molar-refractivity contribution in [2.75, 3.05) is 20.2 Å². The molecule has 0 aliphatic carbocycles. The number of ether oxygens (including phenoxy) is 1. The van der Waals surface area contributed by atoms with E-state index < -0.39 is 11.9 Å². The first-order chi connectivity index (χ1) is 9.51. The molecule has 1 atom stereocenters. The summed E-state index contributed by atoms with van der Waals surface area (Å²) < 4.78 is 17.9. The van der Waals surface area contributed by atoms with E-state index in [4.69, 9.17) is 0 Å². The smallest absolute Gasteiger partial charge is 0.407 e. The van der Waals surface area contributed by atoms with Gasteiger partial charge in [0.25, 0.3) is 5.91 Å². The van der Waals surface area contributed by atoms with Crippen LogP contribution in [-0.4, -0.2) is 43.1 Å². The third kappa shape index (κ3) is 3.27. The predicted octanol–water partition coefficient (Wildman–Crippen LogP) is 2.16. The van der Waals surface area contributed by atoms with Gasteiger partial charge in [-0.2, -0.15) is 0 Å². The van der Waals surface area contributed by atoms with E-state index in [0.717, 1.165) is 0 Å². The molecule has 0 spiro atoms. The molecule has 1 aromatic rings. The molecule has 1 saturated heterocycles. The van der Waals surface area contributed by atoms with Crippen molar-refractivity contribution in [2.24, 2.45) is 0 Å². The van der Waals surface area contributed by atoms with Crippen LogP contribution in [0.4, 0.5) is 9.18 Å². The third-order valence-electron chi connectivity index (χ3n) is 3.15. The van der Waals surface area contributed by atoms with Gasteiger partial charge in [-0.25, -0.2) is 9.18 Å². The third-order valence-corrected chi connectivity index (χ3v) is 3.76. The number of benzene rings is 1. The zero-order chi connectivity index (χ0) is 14.7. The van der Waals surface area contributed by atoms with E-state index >= 15 is 0 Å². The summed E-state index contributed by atoms with van der Waals surface area (Å²) in [6.07, 6.45) is 0.164. The van der Waals surface area contributed by atoms with Gasteiger partial charge in [0, 0.05) is 18.7 Å². The lowest BCUT2D eigenvalue weighted by molar-refractivity contribution is 0.0788. The second-order valence-electron chi connectivity index (χ2n) is 4.50. The molecule has 0 saturated carbocycles. The molecule has 1 heterocycles. The number of hydrogen-bond donors (Lipinski definition) is 1. The normalized spacial score (nSPS) is 17.9. The Labute approximate surface area is 124 Å². The largest absolute Gasteiger partial charge is 0.453 e. The number of hydrogen-bond acceptors (Lipinski definition) is 3. The van der Waals surface area contributed by atoms with E-state index in [1.807, 2.05) is 0 Å². The van der Waals surface area contributed by atoms with E-state index in [1.165, 1.54) is 25.3 Å². The van der Waals surface area contributed by atoms with Crippen LogP contribution in [0.1, 0.15) is 16.8 Å². The molecular weight excluding hydrogens is 331 g/mol. The summed E-state index contributed by atoms with van der Waals surface area (Å²) in [6.45, 7) is 0.964. The van der Waals surface area contributed by atoms with Crippen LogP contribution in [0.25, 0.3) is 0 Å². The van der Waals surface area contributed by atoms with Crippen molar-refractivity contribution < 1.29 is 18.7 Å². The standard InChI is InChI=1S/C13H14BrFN2O3/c1-20-13(19)16-9-4-5-17(7-9)12(18)8-2-3-11(15)10(14)6-8/h2-3,6,9H,4-5,7H2,1H3,(H,16,19). The summed E-state index contributed by atoms with van der Waals surface area (Å²) in [4.78, 5) is 25.0. The Bertz CT molecular complexity index is 538. The molecular formula is C13H14BrFN2O3. The Morgan fingerprint density at radius 3 is 2.90 bits per heavy atom. The van der Waals surface area contributed by atoms with Gasteiger partial charge >= 0.3 is 6.09 Å². The van der Waals surface area contributed by atoms with E-state index in [1.54, 1.807) is 4.90 Å². The Balaban J connectivity index is 2.00. The van der Waals surface area contributed by atoms with Crippen LogP contribution in [0.2, 0.25) is 0 Å². The first-order valence-corrected chi connectivity index (χ1v) is 6.89. The van der Waals surface area contributed by atoms with Crippen LogP contribution in [0.3, 0.4) is 0 Å². The fourth-order valence-electron chi connectivity index (χ4n) is 2.10. The van der Waals surface area contributed by atoms with Gasteiger partial charge in [0.05, 0.1) is 17.6 Å². The van der Waals surface area contributed by atoms with Crippen LogP contribution >= 0.6 is 15.9 Å². The number of carbonyl (C=O) groups excluding carboxylic acids is 2. The lowest BCUT2D eigenvalue weighted by Crippen LogP contribution is -2.38. The fourth-order valence-corrected chi connectivity index (χ4v) is 2.48. The topological polar surface area (TPSA) is 58.6 Å². The van der Waals surface area contributed by atoms with Crippen molar-refractivity contribution in [1.82, 2.24) is 10.2 Å². The summed E-state index contributed by atoms with van der Waals surface area (Å²) in [7, 11) is 1.29. The molecule has 1 aliphatic heterocycles. The molecule has 1 aliphatic rings. The highest BCUT2D eigenvalue weighted by atomic mass is 79.9. The fraction of sp³-hybridized carbons (Fsp3) is 0.385. The van der Waals surface area contributed by atoms with Crippen LogP contribution in [0.15, 0.2) is 22.7 Å². The molecule has 108 valence electrons. The molecule has 2 rings (SSSR count). The summed E-state index contributed by atoms with van der Waals surface area (Å²) in [5, 5.41) is 2.66. The molecule has 1 N–H and O–H groups in total. The lowest BCUT2D eigenvalue weighted by Gasteiger charge is -2.17. The molecule has 20 heavy (non-hydrogen) atoms. The second-order valence-corrected chi connectivity index (χ2v) is 5.36. The predicted molar refractivity (Wildman–Crippen MR) is 73.9 cm³/mol. The van der Waals surface area contributed by atoms with Crippen LogP contribution < -0.4 is 5.32 Å². The lowest BCUT2D eigenvalue weighted by atomic mass is 10.2. The molecule has 7 heteroatoms. The number of amides is 2. The number of nitrogens with one attached hydrogen (secondary N) is 1. The minimum absolute atomic E-state index is 0.115. The maximum absolute atomic E-state index is 13.2. The number of alkyl carbamates (subject to hydrolysis) is 1. The van der Waals surface area contributed by atoms with Crippen molar-refractivity contribution in [3.05, 3.63) is 34.1 Å². The number of likely N-dealkylation sites (tertiary alicyclic amines) is 1. The average Bonchev–Trinajstić information content (AvgIpc) is 2.89. The number of halogens is 2. The summed E-state index contributed by atoms with van der Waals surface area (Å²) >= 11 is 3.06. The van der Waals surface area contributed by atoms with Crippen molar-refractivity contribution in [3.63, 3.8) is 0 Å². The van der Waals surface area contributed by atoms with E-state index in [9.17, 15) is 14.0 Å². The first kappa shape index (κ1) is 14.8. The zero-order valence-electron chi connectivity index (χ0n) is 10.9. The molecule has 2 amide bonds. The molecule has 0 aromatic heterocycles. The van der Waals surface area contributed by atoms with Crippen molar-refractivity contribution >= 4 is 27.9 Å². The number of nitrogens with zero attached hydrogens (tertiary/aromatic N) is 1. The van der Waals surface area contributed by atoms with Gasteiger partial charge in [-0.1, -0.05) is 0 Å². The summed E-state index contributed by atoms with van der Waals surface area (Å²) in [5.74, 6) is -0.590. The van der Waals surface area contributed by atoms with Gasteiger partial charge in [0.1, 0.15) is 5.82 Å². The zero-order valence-corrected chi connectivity index (χ0v) is 12.4. The molecule has 5 nitrogen and oxygen atoms in total. The SMILES string of the molecule is COC(=O)NC1CCN(C(=O)c2ccc(F)c(Br)c2)C1. The Morgan fingerprint density at radius 2 is 2.25 bits per heavy atom. The van der Waals surface area contributed by atoms with Crippen LogP contribution in [0.5, 0.6) is 0 Å². The number of carbonyl (C=O) groups is 2. The van der Waals surface area contributed by atoms with Gasteiger partial charge in [0.15, 0.2) is 0 Å². The minimum atomic E-state index is -0.506. The van der Waals surface area contributed by atoms with Crippen molar-refractivity contribution in [3.8, 4) is 0 Å². The van der Waals surface area contributed by atoms with Gasteiger partial charge in [-0.15, -0.1) is 0 Å². The highest BCUT2D eigenvalue weighted by Crippen LogP contribution is 2.20. The minimum Gasteiger partial charge on any atom is -0.453 e. The number of rotatable bonds is 2. The van der Waals surface area contributed by atoms with Crippen molar-refractivity contribution in [2.45, 2.75) is 12.5 Å². The average molecular weight is 345 g/mol. The van der Waals surface area contributed by atoms with E-state index in [-0.39, 0.29) is 16.4 Å². The maximum Gasteiger partial charge on any atom is 0.407 e. The maximum atomic E-state index is 13.2. The Hall–Kier alpha value is -1.63. The highest BCUT2D eigenvalue weighted by Gasteiger charge is 2.28. The summed E-state index contributed by atoms with van der Waals surface area (Å²) in [5.41, 5.74) is 0.414. The highest BCUT2D eigenvalue weighted by molar-refractivity contribution is 9.10. The molecule has 1 fully saturated rings. The van der Waals surface area contributed by atoms with Crippen molar-refractivity contribution in [1.29, 1.82) is 0 Å². The van der Waals surface area contributed by atoms with Crippen LogP contribution in [-0.2, 0) is 4.74 Å². The molecule has 1 unspecified atom stereocenters. The van der Waals surface area contributed by atoms with Gasteiger partial charge < -0.3 is 15.0 Å². The Kier molecular flexibility index (Phi) is 4.59. The monoisotopic (exact) mass is 344 g/mol. The van der Waals surface area contributed by atoms with E-state index in [2.05, 4.69) is 26.0 Å². The first-order valence-electron chi connectivity index (χ1n) is 6.10.